The first-order chi connectivity index (χ1) is 9.40. The molecule has 0 unspecified atom stereocenters. The van der Waals surface area contributed by atoms with Gasteiger partial charge in [-0.25, -0.2) is 9.97 Å². The lowest BCUT2D eigenvalue weighted by atomic mass is 10.1. The van der Waals surface area contributed by atoms with Gasteiger partial charge in [0.2, 0.25) is 0 Å². The fourth-order valence-electron chi connectivity index (χ4n) is 2.81. The summed E-state index contributed by atoms with van der Waals surface area (Å²) in [7, 11) is 0. The van der Waals surface area contributed by atoms with Gasteiger partial charge in [0.05, 0.1) is 0 Å². The Labute approximate surface area is 119 Å². The monoisotopic (exact) mass is 278 g/mol. The minimum Gasteiger partial charge on any atom is -0.367 e. The average molecular weight is 278 g/mol. The van der Waals surface area contributed by atoms with Gasteiger partial charge >= 0.3 is 0 Å². The highest BCUT2D eigenvalue weighted by Gasteiger charge is 2.18. The third-order valence-electron chi connectivity index (χ3n) is 3.90. The van der Waals surface area contributed by atoms with Crippen LogP contribution in [0.4, 0.5) is 5.82 Å². The van der Waals surface area contributed by atoms with Crippen LogP contribution in [0, 0.1) is 0 Å². The Kier molecular flexibility index (Phi) is 4.56. The van der Waals surface area contributed by atoms with Crippen molar-refractivity contribution in [3.63, 3.8) is 0 Å². The summed E-state index contributed by atoms with van der Waals surface area (Å²) in [6.07, 6.45) is 9.60. The van der Waals surface area contributed by atoms with Crippen molar-refractivity contribution < 1.29 is 0 Å². The lowest BCUT2D eigenvalue weighted by molar-refractivity contribution is 0.478. The zero-order valence-corrected chi connectivity index (χ0v) is 12.1. The van der Waals surface area contributed by atoms with E-state index < -0.39 is 0 Å². The van der Waals surface area contributed by atoms with Crippen LogP contribution < -0.4 is 10.6 Å². The SMILES string of the molecule is c1cc(NC2CCNCC2)nc(SC2CCCC2)n1. The van der Waals surface area contributed by atoms with Crippen molar-refractivity contribution in [1.29, 1.82) is 0 Å². The van der Waals surface area contributed by atoms with Gasteiger partial charge in [0.25, 0.3) is 0 Å². The molecule has 5 heteroatoms. The molecule has 3 rings (SSSR count). The molecule has 0 amide bonds. The molecule has 0 radical (unpaired) electrons. The van der Waals surface area contributed by atoms with E-state index in [-0.39, 0.29) is 0 Å². The van der Waals surface area contributed by atoms with Crippen LogP contribution in [0.2, 0.25) is 0 Å². The van der Waals surface area contributed by atoms with Crippen LogP contribution in [0.5, 0.6) is 0 Å². The van der Waals surface area contributed by atoms with Crippen LogP contribution in [0.3, 0.4) is 0 Å². The molecule has 0 bridgehead atoms. The maximum atomic E-state index is 4.65. The maximum Gasteiger partial charge on any atom is 0.189 e. The number of anilines is 1. The topological polar surface area (TPSA) is 49.8 Å². The first-order valence-corrected chi connectivity index (χ1v) is 8.25. The molecule has 2 N–H and O–H groups in total. The Morgan fingerprint density at radius 2 is 1.95 bits per heavy atom. The summed E-state index contributed by atoms with van der Waals surface area (Å²) in [5.74, 6) is 0.988. The van der Waals surface area contributed by atoms with Crippen LogP contribution >= 0.6 is 11.8 Å². The lowest BCUT2D eigenvalue weighted by Gasteiger charge is -2.24. The summed E-state index contributed by atoms with van der Waals surface area (Å²) >= 11 is 1.85. The summed E-state index contributed by atoms with van der Waals surface area (Å²) in [4.78, 5) is 9.05. The van der Waals surface area contributed by atoms with Crippen molar-refractivity contribution in [2.75, 3.05) is 18.4 Å². The molecular weight excluding hydrogens is 256 g/mol. The Morgan fingerprint density at radius 1 is 1.16 bits per heavy atom. The van der Waals surface area contributed by atoms with Gasteiger partial charge in [-0.05, 0) is 44.8 Å². The van der Waals surface area contributed by atoms with Crippen molar-refractivity contribution in [2.24, 2.45) is 0 Å². The van der Waals surface area contributed by atoms with E-state index in [1.807, 2.05) is 24.0 Å². The largest absolute Gasteiger partial charge is 0.367 e. The van der Waals surface area contributed by atoms with Crippen LogP contribution in [-0.4, -0.2) is 34.3 Å². The highest BCUT2D eigenvalue weighted by atomic mass is 32.2. The van der Waals surface area contributed by atoms with E-state index >= 15 is 0 Å². The molecular formula is C14H22N4S. The summed E-state index contributed by atoms with van der Waals surface area (Å²) in [6.45, 7) is 2.21. The molecule has 0 spiro atoms. The standard InChI is InChI=1S/C14H22N4S/c1-2-4-12(3-1)19-14-16-10-7-13(18-14)17-11-5-8-15-9-6-11/h7,10-12,15H,1-6,8-9H2,(H,16,17,18). The molecule has 2 fully saturated rings. The Morgan fingerprint density at radius 3 is 2.74 bits per heavy atom. The predicted molar refractivity (Wildman–Crippen MR) is 79.7 cm³/mol. The molecule has 1 aliphatic carbocycles. The number of nitrogens with one attached hydrogen (secondary N) is 2. The van der Waals surface area contributed by atoms with E-state index in [4.69, 9.17) is 0 Å². The van der Waals surface area contributed by atoms with Crippen molar-refractivity contribution in [3.05, 3.63) is 12.3 Å². The molecule has 2 heterocycles. The minimum atomic E-state index is 0.556. The van der Waals surface area contributed by atoms with Gasteiger partial charge in [-0.3, -0.25) is 0 Å². The minimum absolute atomic E-state index is 0.556. The second kappa shape index (κ2) is 6.57. The van der Waals surface area contributed by atoms with Crippen molar-refractivity contribution >= 4 is 17.6 Å². The third-order valence-corrected chi connectivity index (χ3v) is 5.11. The van der Waals surface area contributed by atoms with Crippen LogP contribution in [0.1, 0.15) is 38.5 Å². The van der Waals surface area contributed by atoms with Crippen LogP contribution in [-0.2, 0) is 0 Å². The number of piperidine rings is 1. The number of aromatic nitrogens is 2. The first kappa shape index (κ1) is 13.2. The number of nitrogens with zero attached hydrogens (tertiary/aromatic N) is 2. The number of thioether (sulfide) groups is 1. The van der Waals surface area contributed by atoms with E-state index in [1.165, 1.54) is 38.5 Å². The van der Waals surface area contributed by atoms with Crippen molar-refractivity contribution in [1.82, 2.24) is 15.3 Å². The van der Waals surface area contributed by atoms with Crippen LogP contribution in [0.25, 0.3) is 0 Å². The van der Waals surface area contributed by atoms with E-state index in [9.17, 15) is 0 Å². The normalized spacial score (nSPS) is 21.7. The Bertz CT molecular complexity index is 400. The highest BCUT2D eigenvalue weighted by Crippen LogP contribution is 2.33. The quantitative estimate of drug-likeness (QED) is 0.829. The molecule has 1 saturated heterocycles. The zero-order chi connectivity index (χ0) is 12.9. The van der Waals surface area contributed by atoms with Gasteiger partial charge in [-0.15, -0.1) is 0 Å². The number of rotatable bonds is 4. The fraction of sp³-hybridized carbons (Fsp3) is 0.714. The molecule has 1 saturated carbocycles. The fourth-order valence-corrected chi connectivity index (χ4v) is 3.95. The second-order valence-corrected chi connectivity index (χ2v) is 6.68. The zero-order valence-electron chi connectivity index (χ0n) is 11.3. The molecule has 1 aromatic rings. The van der Waals surface area contributed by atoms with Gasteiger partial charge in [0.15, 0.2) is 5.16 Å². The van der Waals surface area contributed by atoms with Gasteiger partial charge < -0.3 is 10.6 Å². The highest BCUT2D eigenvalue weighted by molar-refractivity contribution is 7.99. The molecule has 19 heavy (non-hydrogen) atoms. The first-order valence-electron chi connectivity index (χ1n) is 7.37. The Hall–Kier alpha value is -0.810. The molecule has 1 aromatic heterocycles. The van der Waals surface area contributed by atoms with Crippen molar-refractivity contribution in [2.45, 2.75) is 55.0 Å². The molecule has 104 valence electrons. The summed E-state index contributed by atoms with van der Waals surface area (Å²) in [5.41, 5.74) is 0. The maximum absolute atomic E-state index is 4.65. The van der Waals surface area contributed by atoms with E-state index in [1.54, 1.807) is 0 Å². The molecule has 4 nitrogen and oxygen atoms in total. The smallest absolute Gasteiger partial charge is 0.189 e. The molecule has 1 aliphatic heterocycles. The van der Waals surface area contributed by atoms with Gasteiger partial charge in [0.1, 0.15) is 5.82 Å². The molecule has 2 aliphatic rings. The summed E-state index contributed by atoms with van der Waals surface area (Å²) < 4.78 is 0. The molecule has 0 atom stereocenters. The van der Waals surface area contributed by atoms with E-state index in [0.717, 1.165) is 29.3 Å². The van der Waals surface area contributed by atoms with Gasteiger partial charge in [0, 0.05) is 17.5 Å². The van der Waals surface area contributed by atoms with Gasteiger partial charge in [-0.1, -0.05) is 24.6 Å². The van der Waals surface area contributed by atoms with Gasteiger partial charge in [-0.2, -0.15) is 0 Å². The van der Waals surface area contributed by atoms with E-state index in [2.05, 4.69) is 20.6 Å². The lowest BCUT2D eigenvalue weighted by Crippen LogP contribution is -2.35. The third kappa shape index (κ3) is 3.83. The van der Waals surface area contributed by atoms with E-state index in [0.29, 0.717) is 6.04 Å². The Balaban J connectivity index is 1.58. The number of hydrogen-bond acceptors (Lipinski definition) is 5. The summed E-state index contributed by atoms with van der Waals surface area (Å²) in [6, 6.07) is 2.54. The van der Waals surface area contributed by atoms with Crippen molar-refractivity contribution in [3.8, 4) is 0 Å². The predicted octanol–water partition coefficient (Wildman–Crippen LogP) is 2.68. The summed E-state index contributed by atoms with van der Waals surface area (Å²) in [5, 5.41) is 8.59. The number of hydrogen-bond donors (Lipinski definition) is 2. The average Bonchev–Trinajstić information content (AvgIpc) is 2.93. The second-order valence-electron chi connectivity index (χ2n) is 5.42. The molecule has 0 aromatic carbocycles. The van der Waals surface area contributed by atoms with Crippen LogP contribution in [0.15, 0.2) is 17.4 Å².